The zero-order chi connectivity index (χ0) is 17.4. The van der Waals surface area contributed by atoms with Gasteiger partial charge in [0, 0.05) is 24.2 Å². The molecule has 3 aliphatic rings. The van der Waals surface area contributed by atoms with Crippen molar-refractivity contribution in [1.82, 2.24) is 10.3 Å². The van der Waals surface area contributed by atoms with Crippen molar-refractivity contribution < 1.29 is 14.3 Å². The topological polar surface area (TPSA) is 71.5 Å². The molecule has 1 aliphatic carbocycles. The standard InChI is InChI=1S/C18H20ClN3O3/c19-14-8-11(10-20-16(14)22-5-6-25-18(22)24)7-13-9-12-3-1-2-4-15(12)21-17(13)23/h8-10,12,15H,1-7H2,(H,21,23). The van der Waals surface area contributed by atoms with Gasteiger partial charge in [0.15, 0.2) is 5.82 Å². The summed E-state index contributed by atoms with van der Waals surface area (Å²) in [7, 11) is 0. The minimum Gasteiger partial charge on any atom is -0.447 e. The quantitative estimate of drug-likeness (QED) is 0.898. The fourth-order valence-corrected chi connectivity index (χ4v) is 4.13. The monoisotopic (exact) mass is 361 g/mol. The Hall–Kier alpha value is -2.08. The van der Waals surface area contributed by atoms with Gasteiger partial charge in [0.25, 0.3) is 0 Å². The smallest absolute Gasteiger partial charge is 0.415 e. The van der Waals surface area contributed by atoms with E-state index in [0.29, 0.717) is 36.3 Å². The van der Waals surface area contributed by atoms with Crippen molar-refractivity contribution in [1.29, 1.82) is 0 Å². The summed E-state index contributed by atoms with van der Waals surface area (Å²) in [5.41, 5.74) is 1.63. The average Bonchev–Trinajstić information content (AvgIpc) is 3.01. The van der Waals surface area contributed by atoms with Crippen molar-refractivity contribution >= 4 is 29.4 Å². The van der Waals surface area contributed by atoms with Crippen molar-refractivity contribution in [2.75, 3.05) is 18.1 Å². The number of carbonyl (C=O) groups excluding carboxylic acids is 2. The van der Waals surface area contributed by atoms with E-state index < -0.39 is 6.09 Å². The Morgan fingerprint density at radius 2 is 2.16 bits per heavy atom. The number of halogens is 1. The van der Waals surface area contributed by atoms with Gasteiger partial charge in [-0.2, -0.15) is 0 Å². The molecule has 132 valence electrons. The molecule has 7 heteroatoms. The van der Waals surface area contributed by atoms with Gasteiger partial charge in [-0.25, -0.2) is 9.78 Å². The van der Waals surface area contributed by atoms with E-state index in [2.05, 4.69) is 16.4 Å². The molecule has 3 heterocycles. The van der Waals surface area contributed by atoms with Crippen LogP contribution in [0, 0.1) is 5.92 Å². The minimum atomic E-state index is -0.431. The first kappa shape index (κ1) is 16.4. The molecule has 0 radical (unpaired) electrons. The number of fused-ring (bicyclic) bond motifs is 1. The Kier molecular flexibility index (Phi) is 4.37. The van der Waals surface area contributed by atoms with E-state index in [9.17, 15) is 9.59 Å². The van der Waals surface area contributed by atoms with Gasteiger partial charge in [0.1, 0.15) is 6.61 Å². The molecule has 2 aliphatic heterocycles. The first-order chi connectivity index (χ1) is 12.1. The summed E-state index contributed by atoms with van der Waals surface area (Å²) in [6.07, 6.45) is 8.46. The number of amides is 2. The van der Waals surface area contributed by atoms with Gasteiger partial charge in [0.05, 0.1) is 11.6 Å². The summed E-state index contributed by atoms with van der Waals surface area (Å²) in [6.45, 7) is 0.787. The summed E-state index contributed by atoms with van der Waals surface area (Å²) >= 11 is 6.31. The van der Waals surface area contributed by atoms with Crippen LogP contribution in [0.5, 0.6) is 0 Å². The molecular formula is C18H20ClN3O3. The molecule has 0 spiro atoms. The zero-order valence-electron chi connectivity index (χ0n) is 13.8. The molecule has 2 unspecified atom stereocenters. The van der Waals surface area contributed by atoms with E-state index in [1.54, 1.807) is 12.3 Å². The Bertz CT molecular complexity index is 749. The maximum Gasteiger partial charge on any atom is 0.415 e. The number of anilines is 1. The number of aromatic nitrogens is 1. The lowest BCUT2D eigenvalue weighted by molar-refractivity contribution is -0.119. The van der Waals surface area contributed by atoms with Crippen LogP contribution in [0.4, 0.5) is 10.6 Å². The number of pyridine rings is 1. The van der Waals surface area contributed by atoms with Crippen LogP contribution in [0.15, 0.2) is 23.9 Å². The van der Waals surface area contributed by atoms with Crippen molar-refractivity contribution in [3.63, 3.8) is 0 Å². The van der Waals surface area contributed by atoms with Crippen LogP contribution in [-0.4, -0.2) is 36.2 Å². The fourth-order valence-electron chi connectivity index (χ4n) is 3.84. The molecule has 0 aromatic carbocycles. The summed E-state index contributed by atoms with van der Waals surface area (Å²) in [5, 5.41) is 3.53. The highest BCUT2D eigenvalue weighted by molar-refractivity contribution is 6.33. The third-order valence-electron chi connectivity index (χ3n) is 5.13. The van der Waals surface area contributed by atoms with Gasteiger partial charge in [0.2, 0.25) is 5.91 Å². The van der Waals surface area contributed by atoms with E-state index in [1.165, 1.54) is 17.7 Å². The molecule has 0 bridgehead atoms. The number of carbonyl (C=O) groups is 2. The maximum atomic E-state index is 12.4. The predicted octanol–water partition coefficient (Wildman–Crippen LogP) is 2.85. The summed E-state index contributed by atoms with van der Waals surface area (Å²) in [4.78, 5) is 29.7. The highest BCUT2D eigenvalue weighted by Gasteiger charge is 2.31. The molecule has 1 N–H and O–H groups in total. The van der Waals surface area contributed by atoms with E-state index in [0.717, 1.165) is 24.0 Å². The van der Waals surface area contributed by atoms with Crippen LogP contribution in [0.2, 0.25) is 5.02 Å². The lowest BCUT2D eigenvalue weighted by Crippen LogP contribution is -2.46. The lowest BCUT2D eigenvalue weighted by atomic mass is 9.80. The van der Waals surface area contributed by atoms with E-state index in [1.807, 2.05) is 0 Å². The number of hydrogen-bond acceptors (Lipinski definition) is 4. The third kappa shape index (κ3) is 3.23. The van der Waals surface area contributed by atoms with E-state index in [-0.39, 0.29) is 11.9 Å². The van der Waals surface area contributed by atoms with Gasteiger partial charge in [-0.3, -0.25) is 9.69 Å². The SMILES string of the molecule is O=C1NC2CCCCC2C=C1Cc1cnc(N2CCOC2=O)c(Cl)c1. The summed E-state index contributed by atoms with van der Waals surface area (Å²) < 4.78 is 4.92. The minimum absolute atomic E-state index is 0.00599. The Balaban J connectivity index is 1.52. The Labute approximate surface area is 151 Å². The van der Waals surface area contributed by atoms with Gasteiger partial charge >= 0.3 is 6.09 Å². The predicted molar refractivity (Wildman–Crippen MR) is 93.6 cm³/mol. The van der Waals surface area contributed by atoms with Crippen LogP contribution < -0.4 is 10.2 Å². The second-order valence-corrected chi connectivity index (χ2v) is 7.22. The molecular weight excluding hydrogens is 342 g/mol. The van der Waals surface area contributed by atoms with Crippen molar-refractivity contribution in [3.05, 3.63) is 34.5 Å². The van der Waals surface area contributed by atoms with E-state index >= 15 is 0 Å². The number of rotatable bonds is 3. The molecule has 4 rings (SSSR count). The fraction of sp³-hybridized carbons (Fsp3) is 0.500. The van der Waals surface area contributed by atoms with E-state index in [4.69, 9.17) is 16.3 Å². The summed E-state index contributed by atoms with van der Waals surface area (Å²) in [6, 6.07) is 2.06. The number of hydrogen-bond donors (Lipinski definition) is 1. The summed E-state index contributed by atoms with van der Waals surface area (Å²) in [5.74, 6) is 0.845. The van der Waals surface area contributed by atoms with Gasteiger partial charge in [-0.05, 0) is 30.4 Å². The lowest BCUT2D eigenvalue weighted by Gasteiger charge is -2.34. The first-order valence-corrected chi connectivity index (χ1v) is 9.10. The molecule has 2 atom stereocenters. The van der Waals surface area contributed by atoms with Crippen molar-refractivity contribution in [3.8, 4) is 0 Å². The molecule has 25 heavy (non-hydrogen) atoms. The normalized spacial score (nSPS) is 26.0. The second-order valence-electron chi connectivity index (χ2n) is 6.81. The number of cyclic esters (lactones) is 1. The van der Waals surface area contributed by atoms with Gasteiger partial charge in [-0.15, -0.1) is 0 Å². The van der Waals surface area contributed by atoms with Gasteiger partial charge in [-0.1, -0.05) is 30.5 Å². The molecule has 1 saturated carbocycles. The van der Waals surface area contributed by atoms with Crippen molar-refractivity contribution in [2.24, 2.45) is 5.92 Å². The van der Waals surface area contributed by atoms with Crippen molar-refractivity contribution in [2.45, 2.75) is 38.1 Å². The number of nitrogens with one attached hydrogen (secondary N) is 1. The van der Waals surface area contributed by atoms with Crippen LogP contribution in [-0.2, 0) is 16.0 Å². The zero-order valence-corrected chi connectivity index (χ0v) is 14.6. The number of ether oxygens (including phenoxy) is 1. The molecule has 2 amide bonds. The average molecular weight is 362 g/mol. The molecule has 1 saturated heterocycles. The van der Waals surface area contributed by atoms with Crippen LogP contribution in [0.25, 0.3) is 0 Å². The van der Waals surface area contributed by atoms with Gasteiger partial charge < -0.3 is 10.1 Å². The largest absolute Gasteiger partial charge is 0.447 e. The van der Waals surface area contributed by atoms with Crippen LogP contribution >= 0.6 is 11.6 Å². The molecule has 1 aromatic rings. The third-order valence-corrected chi connectivity index (χ3v) is 5.41. The molecule has 6 nitrogen and oxygen atoms in total. The second kappa shape index (κ2) is 6.67. The van der Waals surface area contributed by atoms with Crippen LogP contribution in [0.1, 0.15) is 31.2 Å². The Morgan fingerprint density at radius 3 is 2.92 bits per heavy atom. The number of nitrogens with zero attached hydrogens (tertiary/aromatic N) is 2. The highest BCUT2D eigenvalue weighted by atomic mass is 35.5. The molecule has 1 aromatic heterocycles. The Morgan fingerprint density at radius 1 is 1.32 bits per heavy atom. The first-order valence-electron chi connectivity index (χ1n) is 8.72. The highest BCUT2D eigenvalue weighted by Crippen LogP contribution is 2.31. The van der Waals surface area contributed by atoms with Crippen LogP contribution in [0.3, 0.4) is 0 Å². The maximum absolute atomic E-state index is 12.4. The molecule has 2 fully saturated rings.